The number of fused-ring (bicyclic) bond motifs is 1. The minimum atomic E-state index is -2.84. The molecule has 2 N–H and O–H groups in total. The lowest BCUT2D eigenvalue weighted by Gasteiger charge is -2.58. The van der Waals surface area contributed by atoms with Crippen LogP contribution in [0.3, 0.4) is 0 Å². The topological polar surface area (TPSA) is 60.2 Å². The summed E-state index contributed by atoms with van der Waals surface area (Å²) >= 11 is 0. The molecule has 2 rings (SSSR count). The Morgan fingerprint density at radius 2 is 2.00 bits per heavy atom. The zero-order valence-corrected chi connectivity index (χ0v) is 8.97. The molecule has 0 radical (unpaired) electrons. The summed E-state index contributed by atoms with van der Waals surface area (Å²) in [7, 11) is -2.84. The smallest absolute Gasteiger partial charge is 0.154 e. The Kier molecular flexibility index (Phi) is 1.81. The summed E-state index contributed by atoms with van der Waals surface area (Å²) in [5.41, 5.74) is 5.76. The summed E-state index contributed by atoms with van der Waals surface area (Å²) in [5.74, 6) is 0.596. The van der Waals surface area contributed by atoms with Gasteiger partial charge in [0.25, 0.3) is 0 Å². The highest BCUT2D eigenvalue weighted by Crippen LogP contribution is 2.52. The van der Waals surface area contributed by atoms with Gasteiger partial charge in [-0.3, -0.25) is 0 Å². The predicted octanol–water partition coefficient (Wildman–Crippen LogP) is 0.547. The molecule has 4 heteroatoms. The maximum absolute atomic E-state index is 11.7. The molecule has 13 heavy (non-hydrogen) atoms. The van der Waals surface area contributed by atoms with Crippen molar-refractivity contribution in [1.29, 1.82) is 0 Å². The molecule has 2 fully saturated rings. The summed E-state index contributed by atoms with van der Waals surface area (Å²) in [6.45, 7) is 3.95. The largest absolute Gasteiger partial charge is 0.327 e. The molecule has 0 unspecified atom stereocenters. The minimum absolute atomic E-state index is 0.0765. The van der Waals surface area contributed by atoms with E-state index in [1.807, 2.05) is 13.8 Å². The molecule has 0 bridgehead atoms. The molecule has 0 aromatic carbocycles. The van der Waals surface area contributed by atoms with Crippen molar-refractivity contribution < 1.29 is 8.42 Å². The standard InChI is InChI=1S/C9H17NO2S/c1-9(2)7(10)6-4-3-5-13(11,12)8(6)9/h6-8H,3-5,10H2,1-2H3/t6-,7+,8-/m0/s1. The maximum atomic E-state index is 11.7. The number of hydrogen-bond acceptors (Lipinski definition) is 3. The molecule has 76 valence electrons. The lowest BCUT2D eigenvalue weighted by atomic mass is 9.58. The normalized spacial score (nSPS) is 46.2. The molecule has 0 aromatic heterocycles. The zero-order valence-electron chi connectivity index (χ0n) is 8.16. The van der Waals surface area contributed by atoms with Crippen molar-refractivity contribution in [3.63, 3.8) is 0 Å². The van der Waals surface area contributed by atoms with Gasteiger partial charge in [0, 0.05) is 6.04 Å². The second-order valence-electron chi connectivity index (χ2n) is 4.94. The Bertz CT molecular complexity index is 321. The van der Waals surface area contributed by atoms with E-state index in [9.17, 15) is 8.42 Å². The van der Waals surface area contributed by atoms with Gasteiger partial charge in [-0.05, 0) is 24.2 Å². The van der Waals surface area contributed by atoms with Gasteiger partial charge in [-0.25, -0.2) is 8.42 Å². The summed E-state index contributed by atoms with van der Waals surface area (Å²) in [5, 5.41) is -0.163. The van der Waals surface area contributed by atoms with Crippen LogP contribution in [0, 0.1) is 11.3 Å². The van der Waals surface area contributed by atoms with E-state index in [1.165, 1.54) is 0 Å². The molecule has 1 aliphatic carbocycles. The van der Waals surface area contributed by atoms with Crippen molar-refractivity contribution in [2.75, 3.05) is 5.75 Å². The van der Waals surface area contributed by atoms with Crippen molar-refractivity contribution in [1.82, 2.24) is 0 Å². The number of hydrogen-bond donors (Lipinski definition) is 1. The highest BCUT2D eigenvalue weighted by molar-refractivity contribution is 7.92. The molecular weight excluding hydrogens is 186 g/mol. The third-order valence-corrected chi connectivity index (χ3v) is 6.38. The second kappa shape index (κ2) is 2.48. The van der Waals surface area contributed by atoms with E-state index in [2.05, 4.69) is 0 Å². The SMILES string of the molecule is CC1(C)[C@H](N)[C@@H]2CCCS(=O)(=O)[C@@H]21. The lowest BCUT2D eigenvalue weighted by molar-refractivity contribution is 0.0506. The van der Waals surface area contributed by atoms with E-state index < -0.39 is 9.84 Å². The van der Waals surface area contributed by atoms with Crippen LogP contribution in [0.25, 0.3) is 0 Å². The van der Waals surface area contributed by atoms with Crippen LogP contribution in [-0.2, 0) is 9.84 Å². The molecule has 0 amide bonds. The summed E-state index contributed by atoms with van der Waals surface area (Å²) in [6.07, 6.45) is 1.79. The van der Waals surface area contributed by atoms with E-state index in [0.717, 1.165) is 12.8 Å². The van der Waals surface area contributed by atoms with E-state index in [-0.39, 0.29) is 22.6 Å². The van der Waals surface area contributed by atoms with Crippen molar-refractivity contribution in [3.05, 3.63) is 0 Å². The van der Waals surface area contributed by atoms with E-state index in [0.29, 0.717) is 5.75 Å². The molecule has 1 aliphatic heterocycles. The summed E-state index contributed by atoms with van der Waals surface area (Å²) < 4.78 is 23.5. The number of sulfone groups is 1. The first-order valence-corrected chi connectivity index (χ1v) is 6.56. The van der Waals surface area contributed by atoms with Gasteiger partial charge in [0.05, 0.1) is 11.0 Å². The molecule has 1 heterocycles. The van der Waals surface area contributed by atoms with Gasteiger partial charge in [-0.15, -0.1) is 0 Å². The molecule has 1 saturated heterocycles. The fourth-order valence-corrected chi connectivity index (χ4v) is 5.81. The Labute approximate surface area is 79.6 Å². The minimum Gasteiger partial charge on any atom is -0.327 e. The monoisotopic (exact) mass is 203 g/mol. The molecule has 0 aromatic rings. The van der Waals surface area contributed by atoms with Crippen LogP contribution in [0.15, 0.2) is 0 Å². The molecule has 3 atom stereocenters. The fourth-order valence-electron chi connectivity index (χ4n) is 3.07. The quantitative estimate of drug-likeness (QED) is 0.625. The first-order valence-electron chi connectivity index (χ1n) is 4.84. The van der Waals surface area contributed by atoms with Crippen molar-refractivity contribution >= 4 is 9.84 Å². The van der Waals surface area contributed by atoms with E-state index in [1.54, 1.807) is 0 Å². The van der Waals surface area contributed by atoms with Crippen LogP contribution in [0.5, 0.6) is 0 Å². The maximum Gasteiger partial charge on any atom is 0.154 e. The molecule has 2 aliphatic rings. The molecule has 3 nitrogen and oxygen atoms in total. The molecule has 1 saturated carbocycles. The van der Waals surface area contributed by atoms with E-state index in [4.69, 9.17) is 5.73 Å². The van der Waals surface area contributed by atoms with Gasteiger partial charge in [0.2, 0.25) is 0 Å². The third kappa shape index (κ3) is 1.08. The van der Waals surface area contributed by atoms with Gasteiger partial charge in [-0.1, -0.05) is 13.8 Å². The van der Waals surface area contributed by atoms with Gasteiger partial charge in [-0.2, -0.15) is 0 Å². The average Bonchev–Trinajstić information content (AvgIpc) is 2.01. The Hall–Kier alpha value is -0.0900. The van der Waals surface area contributed by atoms with Gasteiger partial charge < -0.3 is 5.73 Å². The third-order valence-electron chi connectivity index (χ3n) is 3.80. The Balaban J connectivity index is 2.35. The van der Waals surface area contributed by atoms with Crippen LogP contribution < -0.4 is 5.73 Å². The van der Waals surface area contributed by atoms with Crippen molar-refractivity contribution in [3.8, 4) is 0 Å². The highest BCUT2D eigenvalue weighted by atomic mass is 32.2. The highest BCUT2D eigenvalue weighted by Gasteiger charge is 2.61. The van der Waals surface area contributed by atoms with Crippen LogP contribution in [0.2, 0.25) is 0 Å². The first-order chi connectivity index (χ1) is 5.87. The van der Waals surface area contributed by atoms with Crippen molar-refractivity contribution in [2.24, 2.45) is 17.1 Å². The van der Waals surface area contributed by atoms with Gasteiger partial charge >= 0.3 is 0 Å². The Morgan fingerprint density at radius 3 is 2.54 bits per heavy atom. The first kappa shape index (κ1) is 9.46. The average molecular weight is 203 g/mol. The van der Waals surface area contributed by atoms with Gasteiger partial charge in [0.15, 0.2) is 9.84 Å². The number of nitrogens with two attached hydrogens (primary N) is 1. The van der Waals surface area contributed by atoms with Crippen LogP contribution >= 0.6 is 0 Å². The summed E-state index contributed by atoms with van der Waals surface area (Å²) in [4.78, 5) is 0. The molecule has 0 spiro atoms. The van der Waals surface area contributed by atoms with Crippen molar-refractivity contribution in [2.45, 2.75) is 38.0 Å². The Morgan fingerprint density at radius 1 is 1.38 bits per heavy atom. The predicted molar refractivity (Wildman–Crippen MR) is 52.1 cm³/mol. The van der Waals surface area contributed by atoms with Crippen LogP contribution in [0.4, 0.5) is 0 Å². The number of rotatable bonds is 0. The van der Waals surface area contributed by atoms with Gasteiger partial charge in [0.1, 0.15) is 0 Å². The zero-order chi connectivity index (χ0) is 9.85. The summed E-state index contributed by atoms with van der Waals surface area (Å²) in [6, 6.07) is 0.0765. The van der Waals surface area contributed by atoms with Crippen LogP contribution in [-0.4, -0.2) is 25.5 Å². The van der Waals surface area contributed by atoms with Crippen LogP contribution in [0.1, 0.15) is 26.7 Å². The second-order valence-corrected chi connectivity index (χ2v) is 7.18. The fraction of sp³-hybridized carbons (Fsp3) is 1.00. The van der Waals surface area contributed by atoms with E-state index >= 15 is 0 Å². The lowest BCUT2D eigenvalue weighted by Crippen LogP contribution is -2.69. The molecular formula is C9H17NO2S.